The first-order chi connectivity index (χ1) is 6.45. The maximum absolute atomic E-state index is 1.67. The highest BCUT2D eigenvalue weighted by Gasteiger charge is 2.81. The van der Waals surface area contributed by atoms with Gasteiger partial charge < -0.3 is 0 Å². The van der Waals surface area contributed by atoms with Crippen molar-refractivity contribution >= 4 is 0 Å². The van der Waals surface area contributed by atoms with Crippen LogP contribution in [0.1, 0.15) is 19.3 Å². The van der Waals surface area contributed by atoms with E-state index in [9.17, 15) is 0 Å². The lowest BCUT2D eigenvalue weighted by atomic mass is 9.80. The Morgan fingerprint density at radius 1 is 0.385 bits per heavy atom. The van der Waals surface area contributed by atoms with Gasteiger partial charge in [-0.2, -0.15) is 0 Å². The maximum atomic E-state index is 1.67. The first kappa shape index (κ1) is 5.78. The standard InChI is InChI=1S/C13H16/c1-4-5(1)11-7-3-9(7)12-8-2-6(8)10(4)13(11)12/h4-13H,1-3H2. The smallest absolute Gasteiger partial charge is 0.0313 e. The molecule has 0 amide bonds. The molecule has 0 aliphatic heterocycles. The minimum Gasteiger partial charge on any atom is -0.0465 e. The molecule has 6 fully saturated rings. The Kier molecular flexibility index (Phi) is 0.593. The summed E-state index contributed by atoms with van der Waals surface area (Å²) in [6, 6.07) is 0. The minimum absolute atomic E-state index is 1.27. The average Bonchev–Trinajstić information content (AvgIpc) is 3.06. The number of rotatable bonds is 0. The highest BCUT2D eigenvalue weighted by Crippen LogP contribution is 2.86. The van der Waals surface area contributed by atoms with Crippen LogP contribution in [0.4, 0.5) is 0 Å². The average molecular weight is 172 g/mol. The van der Waals surface area contributed by atoms with Gasteiger partial charge in [0.25, 0.3) is 0 Å². The van der Waals surface area contributed by atoms with Gasteiger partial charge in [0.15, 0.2) is 0 Å². The molecule has 0 bridgehead atoms. The zero-order valence-electron chi connectivity index (χ0n) is 7.89. The van der Waals surface area contributed by atoms with Gasteiger partial charge in [0.2, 0.25) is 0 Å². The van der Waals surface area contributed by atoms with Crippen LogP contribution in [0.2, 0.25) is 0 Å². The van der Waals surface area contributed by atoms with Gasteiger partial charge >= 0.3 is 0 Å². The molecular weight excluding hydrogens is 156 g/mol. The van der Waals surface area contributed by atoms with Crippen molar-refractivity contribution in [2.45, 2.75) is 19.3 Å². The van der Waals surface area contributed by atoms with E-state index < -0.39 is 0 Å². The predicted octanol–water partition coefficient (Wildman–Crippen LogP) is 2.40. The van der Waals surface area contributed by atoms with E-state index in [4.69, 9.17) is 0 Å². The van der Waals surface area contributed by atoms with Crippen LogP contribution in [0.5, 0.6) is 0 Å². The van der Waals surface area contributed by atoms with Crippen molar-refractivity contribution in [2.24, 2.45) is 59.2 Å². The lowest BCUT2D eigenvalue weighted by molar-refractivity contribution is 0.222. The first-order valence-corrected chi connectivity index (χ1v) is 6.45. The summed E-state index contributed by atoms with van der Waals surface area (Å²) in [4.78, 5) is 0. The molecule has 0 spiro atoms. The van der Waals surface area contributed by atoms with Crippen molar-refractivity contribution in [2.75, 3.05) is 0 Å². The van der Waals surface area contributed by atoms with Crippen molar-refractivity contribution in [3.05, 3.63) is 0 Å². The van der Waals surface area contributed by atoms with Crippen LogP contribution in [-0.2, 0) is 0 Å². The van der Waals surface area contributed by atoms with E-state index in [-0.39, 0.29) is 0 Å². The number of hydrogen-bond acceptors (Lipinski definition) is 0. The Bertz CT molecular complexity index is 257. The summed E-state index contributed by atoms with van der Waals surface area (Å²) in [5.41, 5.74) is 0. The molecule has 0 heterocycles. The van der Waals surface area contributed by atoms with Gasteiger partial charge in [0.1, 0.15) is 0 Å². The van der Waals surface area contributed by atoms with Crippen LogP contribution in [0.25, 0.3) is 0 Å². The topological polar surface area (TPSA) is 0 Å². The summed E-state index contributed by atoms with van der Waals surface area (Å²) in [5, 5.41) is 0. The Morgan fingerprint density at radius 3 is 1.00 bits per heavy atom. The molecule has 0 aromatic carbocycles. The largest absolute Gasteiger partial charge is 0.0465 e. The molecule has 68 valence electrons. The van der Waals surface area contributed by atoms with Crippen molar-refractivity contribution in [1.82, 2.24) is 0 Å². The third-order valence-corrected chi connectivity index (χ3v) is 6.97. The molecule has 6 unspecified atom stereocenters. The lowest BCUT2D eigenvalue weighted by Gasteiger charge is -2.25. The monoisotopic (exact) mass is 172 g/mol. The van der Waals surface area contributed by atoms with Crippen LogP contribution in [0.3, 0.4) is 0 Å². The van der Waals surface area contributed by atoms with Gasteiger partial charge in [0, 0.05) is 0 Å². The summed E-state index contributed by atoms with van der Waals surface area (Å²) in [7, 11) is 0. The van der Waals surface area contributed by atoms with E-state index in [1.165, 1.54) is 59.2 Å². The normalized spacial score (nSPS) is 88.6. The second-order valence-corrected chi connectivity index (χ2v) is 7.00. The fourth-order valence-corrected chi connectivity index (χ4v) is 6.80. The molecule has 0 aromatic heterocycles. The Balaban J connectivity index is 1.64. The molecule has 6 aliphatic carbocycles. The molecule has 0 saturated heterocycles. The van der Waals surface area contributed by atoms with Crippen molar-refractivity contribution in [1.29, 1.82) is 0 Å². The fourth-order valence-electron chi connectivity index (χ4n) is 6.80. The van der Waals surface area contributed by atoms with E-state index in [1.807, 2.05) is 0 Å². The summed E-state index contributed by atoms with van der Waals surface area (Å²) < 4.78 is 0. The van der Waals surface area contributed by atoms with E-state index in [1.54, 1.807) is 19.3 Å². The van der Waals surface area contributed by atoms with Gasteiger partial charge in [-0.3, -0.25) is 0 Å². The van der Waals surface area contributed by atoms with E-state index in [0.29, 0.717) is 0 Å². The third-order valence-electron chi connectivity index (χ3n) is 6.97. The maximum Gasteiger partial charge on any atom is -0.0313 e. The van der Waals surface area contributed by atoms with Crippen LogP contribution >= 0.6 is 0 Å². The lowest BCUT2D eigenvalue weighted by Crippen LogP contribution is -2.21. The molecule has 0 N–H and O–H groups in total. The molecule has 6 atom stereocenters. The summed E-state index contributed by atoms with van der Waals surface area (Å²) in [5.74, 6) is 12.8. The zero-order valence-corrected chi connectivity index (χ0v) is 7.89. The quantitative estimate of drug-likeness (QED) is 0.526. The van der Waals surface area contributed by atoms with Gasteiger partial charge in [0.05, 0.1) is 0 Å². The summed E-state index contributed by atoms with van der Waals surface area (Å²) >= 11 is 0. The molecule has 0 aromatic rings. The zero-order chi connectivity index (χ0) is 7.89. The number of fused-ring (bicyclic) bond motifs is 9. The molecule has 0 heteroatoms. The molecule has 0 radical (unpaired) electrons. The SMILES string of the molecule is C1C2C1C1C3CC3C3C4CC4C2C13. The third kappa shape index (κ3) is 0.412. The van der Waals surface area contributed by atoms with E-state index in [2.05, 4.69) is 0 Å². The second-order valence-electron chi connectivity index (χ2n) is 7.00. The van der Waals surface area contributed by atoms with Crippen LogP contribution in [0.15, 0.2) is 0 Å². The van der Waals surface area contributed by atoms with Crippen LogP contribution in [0, 0.1) is 59.2 Å². The molecule has 6 saturated carbocycles. The van der Waals surface area contributed by atoms with Crippen molar-refractivity contribution < 1.29 is 0 Å². The van der Waals surface area contributed by atoms with Crippen LogP contribution in [-0.4, -0.2) is 0 Å². The Morgan fingerprint density at radius 2 is 0.692 bits per heavy atom. The number of hydrogen-bond donors (Lipinski definition) is 0. The van der Waals surface area contributed by atoms with Crippen molar-refractivity contribution in [3.63, 3.8) is 0 Å². The van der Waals surface area contributed by atoms with Crippen molar-refractivity contribution in [3.8, 4) is 0 Å². The molecule has 0 nitrogen and oxygen atoms in total. The second kappa shape index (κ2) is 1.33. The highest BCUT2D eigenvalue weighted by molar-refractivity contribution is 5.28. The fraction of sp³-hybridized carbons (Fsp3) is 1.00. The molecule has 6 aliphatic rings. The van der Waals surface area contributed by atoms with Gasteiger partial charge in [-0.05, 0) is 78.4 Å². The molecular formula is C13H16. The van der Waals surface area contributed by atoms with E-state index >= 15 is 0 Å². The molecule has 6 rings (SSSR count). The minimum atomic E-state index is 1.27. The predicted molar refractivity (Wildman–Crippen MR) is 48.8 cm³/mol. The van der Waals surface area contributed by atoms with Gasteiger partial charge in [-0.15, -0.1) is 0 Å². The first-order valence-electron chi connectivity index (χ1n) is 6.45. The Labute approximate surface area is 79.1 Å². The van der Waals surface area contributed by atoms with Gasteiger partial charge in [-0.25, -0.2) is 0 Å². The summed E-state index contributed by atoms with van der Waals surface area (Å²) in [6.07, 6.45) is 5.01. The van der Waals surface area contributed by atoms with Crippen LogP contribution < -0.4 is 0 Å². The highest BCUT2D eigenvalue weighted by atomic mass is 14.9. The van der Waals surface area contributed by atoms with E-state index in [0.717, 1.165) is 0 Å². The Hall–Kier alpha value is 0. The summed E-state index contributed by atoms with van der Waals surface area (Å²) in [6.45, 7) is 0. The molecule has 13 heavy (non-hydrogen) atoms. The van der Waals surface area contributed by atoms with Gasteiger partial charge in [-0.1, -0.05) is 0 Å².